The van der Waals surface area contributed by atoms with Crippen LogP contribution in [0.5, 0.6) is 11.5 Å². The molecule has 3 heteroatoms. The summed E-state index contributed by atoms with van der Waals surface area (Å²) in [6.45, 7) is 5.16. The Bertz CT molecular complexity index is 437. The smallest absolute Gasteiger partial charge is 0.161 e. The van der Waals surface area contributed by atoms with Gasteiger partial charge in [-0.2, -0.15) is 0 Å². The molecule has 3 nitrogen and oxygen atoms in total. The summed E-state index contributed by atoms with van der Waals surface area (Å²) in [4.78, 5) is 0. The molecule has 18 heavy (non-hydrogen) atoms. The summed E-state index contributed by atoms with van der Waals surface area (Å²) < 4.78 is 11.1. The van der Waals surface area contributed by atoms with Gasteiger partial charge in [-0.3, -0.25) is 0 Å². The summed E-state index contributed by atoms with van der Waals surface area (Å²) in [5, 5.41) is 9.54. The summed E-state index contributed by atoms with van der Waals surface area (Å²) >= 11 is 0. The molecule has 0 saturated carbocycles. The molecular formula is C15H20O3. The number of ether oxygens (including phenoxy) is 2. The lowest BCUT2D eigenvalue weighted by molar-refractivity contribution is 0.223. The average Bonchev–Trinajstić information content (AvgIpc) is 2.79. The topological polar surface area (TPSA) is 38.7 Å². The predicted octanol–water partition coefficient (Wildman–Crippen LogP) is 3.02. The van der Waals surface area contributed by atoms with E-state index in [2.05, 4.69) is 0 Å². The molecule has 1 aliphatic rings. The van der Waals surface area contributed by atoms with Crippen molar-refractivity contribution in [1.29, 1.82) is 0 Å². The van der Waals surface area contributed by atoms with E-state index in [0.29, 0.717) is 13.2 Å². The molecule has 1 aromatic carbocycles. The standard InChI is InChI=1S/C15H20O3/c1-3-17-14-8-6-12(10-15(14)18-4-2)11-5-7-13(16)9-11/h6,8-10,13,16H,3-5,7H2,1-2H3. The Balaban J connectivity index is 2.27. The molecule has 0 saturated heterocycles. The van der Waals surface area contributed by atoms with E-state index in [1.54, 1.807) is 0 Å². The van der Waals surface area contributed by atoms with Crippen LogP contribution in [0.2, 0.25) is 0 Å². The van der Waals surface area contributed by atoms with Crippen LogP contribution >= 0.6 is 0 Å². The molecule has 0 spiro atoms. The maximum Gasteiger partial charge on any atom is 0.161 e. The lowest BCUT2D eigenvalue weighted by atomic mass is 10.1. The zero-order valence-electron chi connectivity index (χ0n) is 11.0. The molecule has 1 aliphatic carbocycles. The number of hydrogen-bond donors (Lipinski definition) is 1. The fraction of sp³-hybridized carbons (Fsp3) is 0.467. The van der Waals surface area contributed by atoms with Gasteiger partial charge in [0.2, 0.25) is 0 Å². The molecule has 0 aromatic heterocycles. The second kappa shape index (κ2) is 5.91. The first-order valence-electron chi connectivity index (χ1n) is 6.53. The van der Waals surface area contributed by atoms with Crippen LogP contribution in [-0.2, 0) is 0 Å². The first kappa shape index (κ1) is 13.0. The highest BCUT2D eigenvalue weighted by atomic mass is 16.5. The number of hydrogen-bond acceptors (Lipinski definition) is 3. The lowest BCUT2D eigenvalue weighted by Gasteiger charge is -2.12. The zero-order chi connectivity index (χ0) is 13.0. The second-order valence-corrected chi connectivity index (χ2v) is 4.33. The summed E-state index contributed by atoms with van der Waals surface area (Å²) in [6, 6.07) is 5.96. The van der Waals surface area contributed by atoms with Crippen molar-refractivity contribution in [3.8, 4) is 11.5 Å². The Morgan fingerprint density at radius 2 is 1.89 bits per heavy atom. The summed E-state index contributed by atoms with van der Waals surface area (Å²) in [6.07, 6.45) is 3.35. The van der Waals surface area contributed by atoms with Crippen LogP contribution in [0.15, 0.2) is 24.3 Å². The maximum absolute atomic E-state index is 9.54. The first-order chi connectivity index (χ1) is 8.74. The van der Waals surface area contributed by atoms with Gasteiger partial charge >= 0.3 is 0 Å². The molecule has 0 heterocycles. The van der Waals surface area contributed by atoms with Crippen LogP contribution < -0.4 is 9.47 Å². The van der Waals surface area contributed by atoms with E-state index >= 15 is 0 Å². The molecule has 0 aliphatic heterocycles. The molecule has 1 atom stereocenters. The van der Waals surface area contributed by atoms with Crippen molar-refractivity contribution in [2.75, 3.05) is 13.2 Å². The summed E-state index contributed by atoms with van der Waals surface area (Å²) in [7, 11) is 0. The van der Waals surface area contributed by atoms with Gasteiger partial charge in [-0.25, -0.2) is 0 Å². The van der Waals surface area contributed by atoms with Gasteiger partial charge in [0.1, 0.15) is 0 Å². The summed E-state index contributed by atoms with van der Waals surface area (Å²) in [5.41, 5.74) is 2.30. The van der Waals surface area contributed by atoms with Crippen LogP contribution in [-0.4, -0.2) is 24.4 Å². The number of benzene rings is 1. The van der Waals surface area contributed by atoms with Crippen LogP contribution in [0.3, 0.4) is 0 Å². The lowest BCUT2D eigenvalue weighted by Crippen LogP contribution is -1.99. The predicted molar refractivity (Wildman–Crippen MR) is 72.0 cm³/mol. The van der Waals surface area contributed by atoms with E-state index in [9.17, 15) is 5.11 Å². The van der Waals surface area contributed by atoms with Gasteiger partial charge in [0.25, 0.3) is 0 Å². The summed E-state index contributed by atoms with van der Waals surface area (Å²) in [5.74, 6) is 1.56. The Kier molecular flexibility index (Phi) is 4.26. The first-order valence-corrected chi connectivity index (χ1v) is 6.53. The van der Waals surface area contributed by atoms with Crippen molar-refractivity contribution < 1.29 is 14.6 Å². The highest BCUT2D eigenvalue weighted by Gasteiger charge is 2.16. The third-order valence-electron chi connectivity index (χ3n) is 3.02. The minimum Gasteiger partial charge on any atom is -0.490 e. The second-order valence-electron chi connectivity index (χ2n) is 4.33. The molecule has 1 unspecified atom stereocenters. The van der Waals surface area contributed by atoms with Crippen molar-refractivity contribution in [2.24, 2.45) is 0 Å². The number of rotatable bonds is 5. The molecule has 2 rings (SSSR count). The molecular weight excluding hydrogens is 228 g/mol. The SMILES string of the molecule is CCOc1ccc(C2=CC(O)CC2)cc1OCC. The van der Waals surface area contributed by atoms with Gasteiger partial charge < -0.3 is 14.6 Å². The Morgan fingerprint density at radius 3 is 2.50 bits per heavy atom. The highest BCUT2D eigenvalue weighted by Crippen LogP contribution is 2.34. The van der Waals surface area contributed by atoms with Gasteiger partial charge in [0, 0.05) is 0 Å². The molecule has 1 aromatic rings. The Hall–Kier alpha value is -1.48. The van der Waals surface area contributed by atoms with Crippen LogP contribution in [0.4, 0.5) is 0 Å². The van der Waals surface area contributed by atoms with Crippen molar-refractivity contribution in [2.45, 2.75) is 32.8 Å². The molecule has 1 N–H and O–H groups in total. The van der Waals surface area contributed by atoms with Crippen LogP contribution in [0, 0.1) is 0 Å². The fourth-order valence-corrected chi connectivity index (χ4v) is 2.19. The van der Waals surface area contributed by atoms with Gasteiger partial charge in [0.15, 0.2) is 11.5 Å². The molecule has 0 amide bonds. The molecule has 98 valence electrons. The maximum atomic E-state index is 9.54. The fourth-order valence-electron chi connectivity index (χ4n) is 2.19. The van der Waals surface area contributed by atoms with Gasteiger partial charge in [-0.15, -0.1) is 0 Å². The zero-order valence-corrected chi connectivity index (χ0v) is 11.0. The number of allylic oxidation sites excluding steroid dienone is 1. The Labute approximate surface area is 108 Å². The van der Waals surface area contributed by atoms with Gasteiger partial charge in [-0.1, -0.05) is 12.1 Å². The third-order valence-corrected chi connectivity index (χ3v) is 3.02. The molecule has 0 radical (unpaired) electrons. The van der Waals surface area contributed by atoms with E-state index in [-0.39, 0.29) is 6.10 Å². The normalized spacial score (nSPS) is 18.6. The molecule has 0 bridgehead atoms. The van der Waals surface area contributed by atoms with Crippen molar-refractivity contribution in [3.05, 3.63) is 29.8 Å². The van der Waals surface area contributed by atoms with Crippen molar-refractivity contribution >= 4 is 5.57 Å². The monoisotopic (exact) mass is 248 g/mol. The third kappa shape index (κ3) is 2.85. The van der Waals surface area contributed by atoms with Crippen molar-refractivity contribution in [3.63, 3.8) is 0 Å². The number of aliphatic hydroxyl groups excluding tert-OH is 1. The van der Waals surface area contributed by atoms with Crippen LogP contribution in [0.25, 0.3) is 5.57 Å². The Morgan fingerprint density at radius 1 is 1.17 bits per heavy atom. The van der Waals surface area contributed by atoms with E-state index in [4.69, 9.17) is 9.47 Å². The van der Waals surface area contributed by atoms with Crippen molar-refractivity contribution in [1.82, 2.24) is 0 Å². The molecule has 0 fully saturated rings. The van der Waals surface area contributed by atoms with Gasteiger partial charge in [0.05, 0.1) is 19.3 Å². The van der Waals surface area contributed by atoms with Crippen LogP contribution in [0.1, 0.15) is 32.3 Å². The highest BCUT2D eigenvalue weighted by molar-refractivity contribution is 5.70. The van der Waals surface area contributed by atoms with E-state index in [1.807, 2.05) is 38.1 Å². The van der Waals surface area contributed by atoms with Gasteiger partial charge in [-0.05, 0) is 50.0 Å². The largest absolute Gasteiger partial charge is 0.490 e. The van der Waals surface area contributed by atoms with E-state index in [0.717, 1.165) is 29.9 Å². The number of aliphatic hydroxyl groups is 1. The minimum atomic E-state index is -0.304. The van der Waals surface area contributed by atoms with E-state index < -0.39 is 0 Å². The average molecular weight is 248 g/mol. The minimum absolute atomic E-state index is 0.304. The quantitative estimate of drug-likeness (QED) is 0.870. The van der Waals surface area contributed by atoms with E-state index in [1.165, 1.54) is 5.57 Å².